The van der Waals surface area contributed by atoms with Crippen LogP contribution in [0.1, 0.15) is 70.8 Å². The van der Waals surface area contributed by atoms with Crippen LogP contribution in [0.5, 0.6) is 0 Å². The number of imidazole rings is 1. The van der Waals surface area contributed by atoms with Crippen LogP contribution in [0.4, 0.5) is 11.6 Å². The van der Waals surface area contributed by atoms with Gasteiger partial charge in [-0.1, -0.05) is 64.0 Å². The van der Waals surface area contributed by atoms with Gasteiger partial charge < -0.3 is 4.57 Å². The van der Waals surface area contributed by atoms with E-state index in [2.05, 4.69) is 27.4 Å². The van der Waals surface area contributed by atoms with Crippen molar-refractivity contribution in [1.29, 1.82) is 0 Å². The van der Waals surface area contributed by atoms with E-state index < -0.39 is 16.2 Å². The highest BCUT2D eigenvalue weighted by atomic mass is 16.6. The molecule has 0 unspecified atom stereocenters. The molecule has 0 spiro atoms. The van der Waals surface area contributed by atoms with Crippen molar-refractivity contribution in [3.05, 3.63) is 60.8 Å². The maximum absolute atomic E-state index is 12.6. The molecule has 0 radical (unpaired) electrons. The van der Waals surface area contributed by atoms with Crippen LogP contribution in [-0.2, 0) is 13.6 Å². The number of nitro benzene ring substituents is 1. The van der Waals surface area contributed by atoms with E-state index in [0.717, 1.165) is 19.3 Å². The topological polar surface area (TPSA) is 140 Å². The number of anilines is 1. The van der Waals surface area contributed by atoms with Crippen LogP contribution in [-0.4, -0.2) is 29.7 Å². The smallest absolute Gasteiger partial charge is 0.303 e. The van der Waals surface area contributed by atoms with Gasteiger partial charge in [-0.3, -0.25) is 24.5 Å². The van der Waals surface area contributed by atoms with E-state index >= 15 is 0 Å². The summed E-state index contributed by atoms with van der Waals surface area (Å²) in [6, 6.07) is 6.18. The summed E-state index contributed by atoms with van der Waals surface area (Å²) >= 11 is 0. The largest absolute Gasteiger partial charge is 0.329 e. The van der Waals surface area contributed by atoms with E-state index in [1.807, 2.05) is 0 Å². The number of unbranched alkanes of at least 4 members (excludes halogenated alkanes) is 7. The number of benzene rings is 1. The first kappa shape index (κ1) is 25.9. The van der Waals surface area contributed by atoms with E-state index in [0.29, 0.717) is 29.3 Å². The van der Waals surface area contributed by atoms with Gasteiger partial charge in [-0.2, -0.15) is 10.1 Å². The number of nitro groups is 1. The molecule has 2 heterocycles. The minimum atomic E-state index is -0.540. The summed E-state index contributed by atoms with van der Waals surface area (Å²) in [6.07, 6.45) is 9.19. The molecule has 0 aliphatic carbocycles. The second-order valence-corrected chi connectivity index (χ2v) is 8.67. The van der Waals surface area contributed by atoms with Gasteiger partial charge in [0.15, 0.2) is 11.2 Å². The fraction of sp³-hybridized carbons (Fsp3) is 0.500. The highest BCUT2D eigenvalue weighted by Crippen LogP contribution is 2.19. The molecule has 11 heteroatoms. The zero-order valence-electron chi connectivity index (χ0n) is 20.5. The number of aromatic nitrogens is 4. The molecule has 0 saturated carbocycles. The van der Waals surface area contributed by atoms with Crippen molar-refractivity contribution in [1.82, 2.24) is 19.1 Å². The van der Waals surface area contributed by atoms with Crippen molar-refractivity contribution >= 4 is 28.5 Å². The molecule has 0 aliphatic rings. The Morgan fingerprint density at radius 2 is 1.83 bits per heavy atom. The minimum Gasteiger partial charge on any atom is -0.303 e. The van der Waals surface area contributed by atoms with E-state index in [1.165, 1.54) is 48.8 Å². The molecule has 0 atom stereocenters. The fourth-order valence-electron chi connectivity index (χ4n) is 3.98. The Balaban J connectivity index is 1.82. The van der Waals surface area contributed by atoms with Crippen molar-refractivity contribution in [2.24, 2.45) is 12.1 Å². The first-order valence-corrected chi connectivity index (χ1v) is 12.1. The second kappa shape index (κ2) is 12.1. The third-order valence-corrected chi connectivity index (χ3v) is 6.04. The number of nitrogens with one attached hydrogen (secondary N) is 2. The lowest BCUT2D eigenvalue weighted by Crippen LogP contribution is -2.29. The number of hydrazone groups is 1. The monoisotopic (exact) mass is 483 g/mol. The molecule has 0 bridgehead atoms. The molecule has 0 amide bonds. The minimum absolute atomic E-state index is 0.0273. The molecule has 3 aromatic rings. The van der Waals surface area contributed by atoms with Gasteiger partial charge in [0, 0.05) is 31.3 Å². The molecule has 188 valence electrons. The Bertz CT molecular complexity index is 1320. The van der Waals surface area contributed by atoms with Crippen molar-refractivity contribution in [2.45, 2.75) is 71.8 Å². The standard InChI is InChI=1S/C24H33N7O4/c1-4-5-6-7-8-9-10-11-15-30-20-21(29(3)24(33)26-22(20)32)25-23(30)28-27-17(2)18-13-12-14-19(16-18)31(34)35/h12-14,16H,4-11,15H2,1-3H3,(H,25,28)(H,26,32,33)/b27-17+. The maximum atomic E-state index is 12.6. The molecule has 0 fully saturated rings. The average molecular weight is 484 g/mol. The quantitative estimate of drug-likeness (QED) is 0.161. The van der Waals surface area contributed by atoms with Gasteiger partial charge in [0.25, 0.3) is 11.2 Å². The van der Waals surface area contributed by atoms with E-state index in [1.54, 1.807) is 30.7 Å². The lowest BCUT2D eigenvalue weighted by molar-refractivity contribution is -0.384. The molecule has 35 heavy (non-hydrogen) atoms. The summed E-state index contributed by atoms with van der Waals surface area (Å²) in [5, 5.41) is 15.4. The molecule has 11 nitrogen and oxygen atoms in total. The van der Waals surface area contributed by atoms with Crippen molar-refractivity contribution < 1.29 is 4.92 Å². The summed E-state index contributed by atoms with van der Waals surface area (Å²) in [5.41, 5.74) is 3.51. The number of rotatable bonds is 13. The number of aromatic amines is 1. The first-order valence-electron chi connectivity index (χ1n) is 12.1. The Morgan fingerprint density at radius 1 is 1.14 bits per heavy atom. The Morgan fingerprint density at radius 3 is 2.51 bits per heavy atom. The van der Waals surface area contributed by atoms with Crippen molar-refractivity contribution in [3.8, 4) is 0 Å². The van der Waals surface area contributed by atoms with Crippen LogP contribution >= 0.6 is 0 Å². The van der Waals surface area contributed by atoms with Crippen LogP contribution in [0.2, 0.25) is 0 Å². The average Bonchev–Trinajstić information content (AvgIpc) is 3.21. The van der Waals surface area contributed by atoms with Gasteiger partial charge in [-0.15, -0.1) is 0 Å². The number of hydrogen-bond acceptors (Lipinski definition) is 7. The van der Waals surface area contributed by atoms with Crippen molar-refractivity contribution in [2.75, 3.05) is 5.43 Å². The first-order chi connectivity index (χ1) is 16.8. The summed E-state index contributed by atoms with van der Waals surface area (Å²) in [4.78, 5) is 42.1. The van der Waals surface area contributed by atoms with E-state index in [-0.39, 0.29) is 11.3 Å². The molecular weight excluding hydrogens is 450 g/mol. The highest BCUT2D eigenvalue weighted by molar-refractivity contribution is 5.99. The number of fused-ring (bicyclic) bond motifs is 1. The SMILES string of the molecule is CCCCCCCCCCn1c(N/N=C(\C)c2cccc([N+](=O)[O-])c2)nc2c1c(=O)[nH]c(=O)n2C. The predicted molar refractivity (Wildman–Crippen MR) is 137 cm³/mol. The number of nitrogens with zero attached hydrogens (tertiary/aromatic N) is 5. The van der Waals surface area contributed by atoms with Gasteiger partial charge in [-0.05, 0) is 13.3 Å². The van der Waals surface area contributed by atoms with Crippen LogP contribution in [0.25, 0.3) is 11.2 Å². The molecule has 0 saturated heterocycles. The lowest BCUT2D eigenvalue weighted by Gasteiger charge is -2.09. The Hall–Kier alpha value is -3.76. The van der Waals surface area contributed by atoms with Gasteiger partial charge in [0.05, 0.1) is 10.6 Å². The zero-order valence-corrected chi connectivity index (χ0v) is 20.5. The maximum Gasteiger partial charge on any atom is 0.329 e. The number of aryl methyl sites for hydroxylation is 2. The molecular formula is C24H33N7O4. The summed E-state index contributed by atoms with van der Waals surface area (Å²) in [6.45, 7) is 4.47. The lowest BCUT2D eigenvalue weighted by atomic mass is 10.1. The van der Waals surface area contributed by atoms with Crippen LogP contribution < -0.4 is 16.7 Å². The molecule has 2 aromatic heterocycles. The number of non-ortho nitro benzene ring substituents is 1. The van der Waals surface area contributed by atoms with Crippen LogP contribution in [0, 0.1) is 10.1 Å². The van der Waals surface area contributed by atoms with Gasteiger partial charge in [0.1, 0.15) is 0 Å². The number of H-pyrrole nitrogens is 1. The fourth-order valence-corrected chi connectivity index (χ4v) is 3.98. The van der Waals surface area contributed by atoms with E-state index in [9.17, 15) is 19.7 Å². The predicted octanol–water partition coefficient (Wildman–Crippen LogP) is 4.31. The second-order valence-electron chi connectivity index (χ2n) is 8.67. The van der Waals surface area contributed by atoms with E-state index in [4.69, 9.17) is 0 Å². The van der Waals surface area contributed by atoms with Gasteiger partial charge in [0.2, 0.25) is 5.95 Å². The summed E-state index contributed by atoms with van der Waals surface area (Å²) < 4.78 is 3.04. The number of hydrogen-bond donors (Lipinski definition) is 2. The summed E-state index contributed by atoms with van der Waals surface area (Å²) in [7, 11) is 1.55. The van der Waals surface area contributed by atoms with Crippen molar-refractivity contribution in [3.63, 3.8) is 0 Å². The Kier molecular flexibility index (Phi) is 8.93. The third-order valence-electron chi connectivity index (χ3n) is 6.04. The third kappa shape index (κ3) is 6.43. The zero-order chi connectivity index (χ0) is 25.4. The highest BCUT2D eigenvalue weighted by Gasteiger charge is 2.17. The molecule has 0 aliphatic heterocycles. The van der Waals surface area contributed by atoms with Gasteiger partial charge >= 0.3 is 5.69 Å². The van der Waals surface area contributed by atoms with Gasteiger partial charge in [-0.25, -0.2) is 10.2 Å². The molecule has 3 rings (SSSR count). The normalized spacial score (nSPS) is 11.8. The summed E-state index contributed by atoms with van der Waals surface area (Å²) in [5.74, 6) is 0.333. The van der Waals surface area contributed by atoms with Crippen LogP contribution in [0.3, 0.4) is 0 Å². The molecule has 1 aromatic carbocycles. The molecule has 2 N–H and O–H groups in total. The Labute approximate surface area is 203 Å². The van der Waals surface area contributed by atoms with Crippen LogP contribution in [0.15, 0.2) is 39.0 Å².